The number of para-hydroxylation sites is 1. The van der Waals surface area contributed by atoms with Gasteiger partial charge in [0.05, 0.1) is 5.69 Å². The molecule has 0 fully saturated rings. The van der Waals surface area contributed by atoms with Crippen molar-refractivity contribution in [2.24, 2.45) is 5.73 Å². The average Bonchev–Trinajstić information content (AvgIpc) is 2.26. The third-order valence-corrected chi connectivity index (χ3v) is 3.09. The van der Waals surface area contributed by atoms with Crippen LogP contribution in [0, 0.1) is 0 Å². The van der Waals surface area contributed by atoms with Crippen molar-refractivity contribution in [3.63, 3.8) is 0 Å². The smallest absolute Gasteiger partial charge is 0.225 e. The van der Waals surface area contributed by atoms with E-state index in [1.54, 1.807) is 11.8 Å². The second-order valence-electron chi connectivity index (χ2n) is 3.83. The molecule has 0 spiro atoms. The number of hydrogen-bond donors (Lipinski definition) is 2. The Balaban J connectivity index is 2.68. The van der Waals surface area contributed by atoms with Gasteiger partial charge >= 0.3 is 0 Å². The van der Waals surface area contributed by atoms with E-state index in [2.05, 4.69) is 11.9 Å². The van der Waals surface area contributed by atoms with Crippen LogP contribution in [0.4, 0.5) is 5.69 Å². The Morgan fingerprint density at radius 2 is 2.29 bits per heavy atom. The van der Waals surface area contributed by atoms with Crippen molar-refractivity contribution in [2.75, 3.05) is 11.1 Å². The third kappa shape index (κ3) is 5.06. The molecular weight excluding hydrogens is 232 g/mol. The SMILES string of the molecule is C=CCSc1ccccc1NC(=O)CC(C)N. The predicted octanol–water partition coefficient (Wildman–Crippen LogP) is 2.64. The van der Waals surface area contributed by atoms with Crippen LogP contribution < -0.4 is 11.1 Å². The van der Waals surface area contributed by atoms with E-state index < -0.39 is 0 Å². The Labute approximate surface area is 106 Å². The summed E-state index contributed by atoms with van der Waals surface area (Å²) in [5, 5.41) is 2.88. The molecule has 0 aliphatic rings. The van der Waals surface area contributed by atoms with Crippen LogP contribution in [0.15, 0.2) is 41.8 Å². The van der Waals surface area contributed by atoms with Gasteiger partial charge in [0.15, 0.2) is 0 Å². The van der Waals surface area contributed by atoms with Crippen molar-refractivity contribution in [3.05, 3.63) is 36.9 Å². The molecule has 0 bridgehead atoms. The molecule has 1 aromatic rings. The van der Waals surface area contributed by atoms with E-state index in [0.717, 1.165) is 16.3 Å². The van der Waals surface area contributed by atoms with Crippen molar-refractivity contribution < 1.29 is 4.79 Å². The molecule has 0 radical (unpaired) electrons. The zero-order valence-corrected chi connectivity index (χ0v) is 10.8. The van der Waals surface area contributed by atoms with E-state index in [0.29, 0.717) is 6.42 Å². The topological polar surface area (TPSA) is 55.1 Å². The summed E-state index contributed by atoms with van der Waals surface area (Å²) >= 11 is 1.64. The van der Waals surface area contributed by atoms with Gasteiger partial charge in [0, 0.05) is 23.1 Å². The van der Waals surface area contributed by atoms with Crippen molar-refractivity contribution in [3.8, 4) is 0 Å². The Morgan fingerprint density at radius 1 is 1.59 bits per heavy atom. The number of carbonyl (C=O) groups is 1. The summed E-state index contributed by atoms with van der Waals surface area (Å²) in [4.78, 5) is 12.7. The number of amides is 1. The Hall–Kier alpha value is -1.26. The number of carbonyl (C=O) groups excluding carboxylic acids is 1. The monoisotopic (exact) mass is 250 g/mol. The van der Waals surface area contributed by atoms with E-state index in [9.17, 15) is 4.79 Å². The summed E-state index contributed by atoms with van der Waals surface area (Å²) in [5.41, 5.74) is 6.42. The van der Waals surface area contributed by atoms with Crippen LogP contribution in [0.2, 0.25) is 0 Å². The fraction of sp³-hybridized carbons (Fsp3) is 0.308. The lowest BCUT2D eigenvalue weighted by molar-refractivity contribution is -0.116. The minimum atomic E-state index is -0.122. The normalized spacial score (nSPS) is 11.9. The van der Waals surface area contributed by atoms with Crippen molar-refractivity contribution in [1.29, 1.82) is 0 Å². The van der Waals surface area contributed by atoms with Crippen LogP contribution in [-0.4, -0.2) is 17.7 Å². The lowest BCUT2D eigenvalue weighted by Gasteiger charge is -2.11. The zero-order valence-electron chi connectivity index (χ0n) is 9.98. The van der Waals surface area contributed by atoms with E-state index >= 15 is 0 Å². The fourth-order valence-corrected chi connectivity index (χ4v) is 2.08. The van der Waals surface area contributed by atoms with E-state index in [4.69, 9.17) is 5.73 Å². The molecule has 1 atom stereocenters. The molecule has 1 rings (SSSR count). The summed E-state index contributed by atoms with van der Waals surface area (Å²) in [6, 6.07) is 7.61. The fourth-order valence-electron chi connectivity index (χ4n) is 1.34. The number of hydrogen-bond acceptors (Lipinski definition) is 3. The van der Waals surface area contributed by atoms with Crippen LogP contribution in [0.3, 0.4) is 0 Å². The van der Waals surface area contributed by atoms with Crippen molar-refractivity contribution >= 4 is 23.4 Å². The van der Waals surface area contributed by atoms with Crippen LogP contribution in [0.1, 0.15) is 13.3 Å². The zero-order chi connectivity index (χ0) is 12.7. The van der Waals surface area contributed by atoms with Crippen molar-refractivity contribution in [1.82, 2.24) is 0 Å². The van der Waals surface area contributed by atoms with Crippen molar-refractivity contribution in [2.45, 2.75) is 24.3 Å². The molecular formula is C13H18N2OS. The van der Waals surface area contributed by atoms with Gasteiger partial charge in [-0.05, 0) is 19.1 Å². The highest BCUT2D eigenvalue weighted by Gasteiger charge is 2.08. The molecule has 1 amide bonds. The molecule has 0 aliphatic carbocycles. The number of benzene rings is 1. The van der Waals surface area contributed by atoms with Gasteiger partial charge in [0.2, 0.25) is 5.91 Å². The standard InChI is InChI=1S/C13H18N2OS/c1-3-8-17-12-7-5-4-6-11(12)15-13(16)9-10(2)14/h3-7,10H,1,8-9,14H2,2H3,(H,15,16). The molecule has 3 N–H and O–H groups in total. The lowest BCUT2D eigenvalue weighted by Crippen LogP contribution is -2.24. The minimum absolute atomic E-state index is 0.0494. The Morgan fingerprint density at radius 3 is 2.94 bits per heavy atom. The molecule has 0 heterocycles. The maximum atomic E-state index is 11.6. The molecule has 0 aliphatic heterocycles. The van der Waals surface area contributed by atoms with E-state index in [-0.39, 0.29) is 11.9 Å². The van der Waals surface area contributed by atoms with Gasteiger partial charge in [-0.15, -0.1) is 18.3 Å². The second-order valence-corrected chi connectivity index (χ2v) is 4.89. The molecule has 4 heteroatoms. The number of nitrogens with two attached hydrogens (primary N) is 1. The number of thioether (sulfide) groups is 1. The first-order chi connectivity index (χ1) is 8.13. The minimum Gasteiger partial charge on any atom is -0.327 e. The maximum absolute atomic E-state index is 11.6. The predicted molar refractivity (Wildman–Crippen MR) is 74.3 cm³/mol. The molecule has 17 heavy (non-hydrogen) atoms. The van der Waals surface area contributed by atoms with Gasteiger partial charge in [-0.3, -0.25) is 4.79 Å². The second kappa shape index (κ2) is 7.14. The lowest BCUT2D eigenvalue weighted by atomic mass is 10.2. The highest BCUT2D eigenvalue weighted by Crippen LogP contribution is 2.26. The number of rotatable bonds is 6. The molecule has 1 unspecified atom stereocenters. The quantitative estimate of drug-likeness (QED) is 0.603. The van der Waals surface area contributed by atoms with Crippen LogP contribution in [-0.2, 0) is 4.79 Å². The van der Waals surface area contributed by atoms with Crippen LogP contribution in [0.5, 0.6) is 0 Å². The third-order valence-electron chi connectivity index (χ3n) is 2.03. The van der Waals surface area contributed by atoms with Crippen LogP contribution in [0.25, 0.3) is 0 Å². The van der Waals surface area contributed by atoms with E-state index in [1.165, 1.54) is 0 Å². The van der Waals surface area contributed by atoms with Gasteiger partial charge in [0.1, 0.15) is 0 Å². The molecule has 0 aromatic heterocycles. The first-order valence-corrected chi connectivity index (χ1v) is 6.50. The van der Waals surface area contributed by atoms with Gasteiger partial charge in [-0.1, -0.05) is 18.2 Å². The summed E-state index contributed by atoms with van der Waals surface area (Å²) in [6.45, 7) is 5.50. The number of nitrogens with one attached hydrogen (secondary N) is 1. The van der Waals surface area contributed by atoms with Gasteiger partial charge < -0.3 is 11.1 Å². The first-order valence-electron chi connectivity index (χ1n) is 5.51. The average molecular weight is 250 g/mol. The molecule has 92 valence electrons. The Kier molecular flexibility index (Phi) is 5.80. The maximum Gasteiger partial charge on any atom is 0.225 e. The largest absolute Gasteiger partial charge is 0.327 e. The molecule has 3 nitrogen and oxygen atoms in total. The summed E-state index contributed by atoms with van der Waals surface area (Å²) < 4.78 is 0. The van der Waals surface area contributed by atoms with Crippen LogP contribution >= 0.6 is 11.8 Å². The highest BCUT2D eigenvalue weighted by molar-refractivity contribution is 7.99. The highest BCUT2D eigenvalue weighted by atomic mass is 32.2. The van der Waals surface area contributed by atoms with E-state index in [1.807, 2.05) is 37.3 Å². The van der Waals surface area contributed by atoms with Gasteiger partial charge in [-0.2, -0.15) is 0 Å². The summed E-state index contributed by atoms with van der Waals surface area (Å²) in [6.07, 6.45) is 2.17. The van der Waals surface area contributed by atoms with Gasteiger partial charge in [-0.25, -0.2) is 0 Å². The Bertz CT molecular complexity index is 391. The summed E-state index contributed by atoms with van der Waals surface area (Å²) in [7, 11) is 0. The summed E-state index contributed by atoms with van der Waals surface area (Å²) in [5.74, 6) is 0.770. The van der Waals surface area contributed by atoms with Gasteiger partial charge in [0.25, 0.3) is 0 Å². The first kappa shape index (κ1) is 13.8. The number of anilines is 1. The molecule has 0 saturated heterocycles. The molecule has 0 saturated carbocycles. The molecule has 1 aromatic carbocycles.